The van der Waals surface area contributed by atoms with E-state index in [0.29, 0.717) is 94.7 Å². The molecule has 0 aliphatic carbocycles. The molecule has 2 aromatic heterocycles. The van der Waals surface area contributed by atoms with Gasteiger partial charge in [-0.25, -0.2) is 19.6 Å². The lowest BCUT2D eigenvalue weighted by atomic mass is 10.0. The first kappa shape index (κ1) is 42.2. The van der Waals surface area contributed by atoms with E-state index in [-0.39, 0.29) is 29.7 Å². The summed E-state index contributed by atoms with van der Waals surface area (Å²) in [6, 6.07) is 9.57. The molecule has 0 spiro atoms. The molecule has 4 rings (SSSR count). The number of amides is 2. The molecule has 2 aromatic carbocycles. The van der Waals surface area contributed by atoms with Crippen molar-refractivity contribution in [2.75, 3.05) is 13.1 Å². The standard InChI is InChI=1S/C19H27ClN4O3.C17H23ClN4O3/c1-5-13(21)16-23-14-9-6-8-12(20)15(14)17(25)24(16)11-7-10-22-18(26)27-19(2,3)4;1-10(2)9-12(19)15-21-13-6-3-5-11(18)14(13)16(23)22(15)8-4-7-20-17(24)25/h6,8-9,13H,5,7,10-11,21H2,1-4H3,(H,22,26);3,5-6,10,12,20H,4,7-9,19H2,1-2H3,(H,24,25)/t13-;/m0./s1. The third-order valence-corrected chi connectivity index (χ3v) is 8.44. The quantitative estimate of drug-likeness (QED) is 0.0985. The summed E-state index contributed by atoms with van der Waals surface area (Å²) in [7, 11) is 0. The molecule has 16 heteroatoms. The van der Waals surface area contributed by atoms with Gasteiger partial charge in [-0.05, 0) is 76.6 Å². The number of nitrogens with two attached hydrogens (primary N) is 2. The summed E-state index contributed by atoms with van der Waals surface area (Å²) in [5.74, 6) is 1.38. The van der Waals surface area contributed by atoms with Crippen molar-refractivity contribution in [3.05, 3.63) is 78.8 Å². The van der Waals surface area contributed by atoms with Crippen LogP contribution in [0.2, 0.25) is 10.0 Å². The van der Waals surface area contributed by atoms with Crippen molar-refractivity contribution in [3.63, 3.8) is 0 Å². The van der Waals surface area contributed by atoms with Crippen LogP contribution in [-0.2, 0) is 17.8 Å². The monoisotopic (exact) mass is 760 g/mol. The van der Waals surface area contributed by atoms with Crippen LogP contribution in [-0.4, -0.2) is 55.1 Å². The van der Waals surface area contributed by atoms with Crippen molar-refractivity contribution >= 4 is 57.2 Å². The summed E-state index contributed by atoms with van der Waals surface area (Å²) < 4.78 is 8.27. The minimum absolute atomic E-state index is 0.221. The van der Waals surface area contributed by atoms with Gasteiger partial charge in [-0.1, -0.05) is 56.1 Å². The fraction of sp³-hybridized carbons (Fsp3) is 0.500. The van der Waals surface area contributed by atoms with Crippen molar-refractivity contribution in [1.82, 2.24) is 29.7 Å². The van der Waals surface area contributed by atoms with Gasteiger partial charge in [-0.2, -0.15) is 0 Å². The van der Waals surface area contributed by atoms with Gasteiger partial charge >= 0.3 is 12.2 Å². The number of fused-ring (bicyclic) bond motifs is 2. The van der Waals surface area contributed by atoms with Crippen molar-refractivity contribution in [2.45, 2.75) is 98.0 Å². The number of carboxylic acid groups (broad SMARTS) is 1. The molecule has 4 aromatic rings. The molecule has 2 heterocycles. The molecule has 7 N–H and O–H groups in total. The SMILES string of the molecule is CC(C)CC(N)c1nc2cccc(Cl)c2c(=O)n1CCCNC(=O)O.CC[C@H](N)c1nc2cccc(Cl)c2c(=O)n1CCCNC(=O)OC(C)(C)C. The Morgan fingerprint density at radius 3 is 1.73 bits per heavy atom. The highest BCUT2D eigenvalue weighted by Gasteiger charge is 2.20. The summed E-state index contributed by atoms with van der Waals surface area (Å²) >= 11 is 12.4. The molecule has 0 saturated carbocycles. The zero-order chi connectivity index (χ0) is 38.7. The summed E-state index contributed by atoms with van der Waals surface area (Å²) in [5.41, 5.74) is 12.5. The Morgan fingerprint density at radius 2 is 1.31 bits per heavy atom. The van der Waals surface area contributed by atoms with Gasteiger partial charge in [0.1, 0.15) is 17.2 Å². The van der Waals surface area contributed by atoms with Gasteiger partial charge in [0, 0.05) is 26.2 Å². The van der Waals surface area contributed by atoms with E-state index in [9.17, 15) is 19.2 Å². The minimum atomic E-state index is -1.09. The van der Waals surface area contributed by atoms with E-state index in [2.05, 4.69) is 34.4 Å². The van der Waals surface area contributed by atoms with E-state index < -0.39 is 17.8 Å². The lowest BCUT2D eigenvalue weighted by molar-refractivity contribution is 0.0526. The minimum Gasteiger partial charge on any atom is -0.465 e. The van der Waals surface area contributed by atoms with E-state index in [4.69, 9.17) is 44.5 Å². The fourth-order valence-corrected chi connectivity index (χ4v) is 5.95. The Balaban J connectivity index is 0.000000281. The van der Waals surface area contributed by atoms with Crippen molar-refractivity contribution < 1.29 is 19.4 Å². The lowest BCUT2D eigenvalue weighted by Crippen LogP contribution is -2.34. The van der Waals surface area contributed by atoms with Crippen molar-refractivity contribution in [3.8, 4) is 0 Å². The van der Waals surface area contributed by atoms with Gasteiger partial charge in [0.25, 0.3) is 11.1 Å². The molecule has 0 saturated heterocycles. The molecule has 1 unspecified atom stereocenters. The molecular formula is C36H50Cl2N8O6. The van der Waals surface area contributed by atoms with Crippen LogP contribution in [0, 0.1) is 5.92 Å². The van der Waals surface area contributed by atoms with Gasteiger partial charge in [0.05, 0.1) is 43.9 Å². The topological polar surface area (TPSA) is 209 Å². The second kappa shape index (κ2) is 19.0. The number of nitrogens with one attached hydrogen (secondary N) is 2. The number of carbonyl (C=O) groups excluding carboxylic acids is 1. The highest BCUT2D eigenvalue weighted by Crippen LogP contribution is 2.23. The summed E-state index contributed by atoms with van der Waals surface area (Å²) in [6.07, 6.45) is 0.732. The van der Waals surface area contributed by atoms with E-state index in [1.807, 2.05) is 6.92 Å². The van der Waals surface area contributed by atoms with Crippen LogP contribution in [0.1, 0.15) is 91.0 Å². The molecule has 2 amide bonds. The number of benzene rings is 2. The largest absolute Gasteiger partial charge is 0.465 e. The van der Waals surface area contributed by atoms with Crippen molar-refractivity contribution in [2.24, 2.45) is 17.4 Å². The molecular weight excluding hydrogens is 711 g/mol. The summed E-state index contributed by atoms with van der Waals surface area (Å²) in [4.78, 5) is 57.4. The summed E-state index contributed by atoms with van der Waals surface area (Å²) in [5, 5.41) is 15.1. The average Bonchev–Trinajstić information content (AvgIpc) is 3.05. The molecule has 2 atom stereocenters. The average molecular weight is 762 g/mol. The predicted molar refractivity (Wildman–Crippen MR) is 205 cm³/mol. The second-order valence-electron chi connectivity index (χ2n) is 13.7. The molecule has 0 aliphatic heterocycles. The molecule has 0 radical (unpaired) electrons. The first-order valence-electron chi connectivity index (χ1n) is 17.3. The number of aromatic nitrogens is 4. The maximum absolute atomic E-state index is 13.0. The number of carbonyl (C=O) groups is 2. The molecule has 284 valence electrons. The zero-order valence-corrected chi connectivity index (χ0v) is 32.1. The van der Waals surface area contributed by atoms with Crippen LogP contribution in [0.15, 0.2) is 46.0 Å². The normalized spacial score (nSPS) is 12.7. The highest BCUT2D eigenvalue weighted by molar-refractivity contribution is 6.35. The molecule has 0 aliphatic rings. The third kappa shape index (κ3) is 11.6. The first-order valence-corrected chi connectivity index (χ1v) is 18.0. The van der Waals surface area contributed by atoms with E-state index in [0.717, 1.165) is 0 Å². The van der Waals surface area contributed by atoms with Crippen molar-refractivity contribution in [1.29, 1.82) is 0 Å². The number of halogens is 2. The number of hydrogen-bond donors (Lipinski definition) is 5. The lowest BCUT2D eigenvalue weighted by Gasteiger charge is -2.20. The maximum atomic E-state index is 13.0. The van der Waals surface area contributed by atoms with Crippen LogP contribution < -0.4 is 33.2 Å². The number of nitrogens with zero attached hydrogens (tertiary/aromatic N) is 4. The number of ether oxygens (including phenoxy) is 1. The Kier molecular flexibility index (Phi) is 15.4. The molecule has 0 fully saturated rings. The van der Waals surface area contributed by atoms with Gasteiger partial charge in [-0.15, -0.1) is 0 Å². The maximum Gasteiger partial charge on any atom is 0.407 e. The summed E-state index contributed by atoms with van der Waals surface area (Å²) in [6.45, 7) is 12.7. The number of hydrogen-bond acceptors (Lipinski definition) is 9. The molecule has 14 nitrogen and oxygen atoms in total. The van der Waals surface area contributed by atoms with Gasteiger partial charge in [0.15, 0.2) is 0 Å². The van der Waals surface area contributed by atoms with Crippen LogP contribution in [0.3, 0.4) is 0 Å². The Morgan fingerprint density at radius 1 is 0.846 bits per heavy atom. The molecule has 0 bridgehead atoms. The number of rotatable bonds is 13. The van der Waals surface area contributed by atoms with Crippen LogP contribution in [0.4, 0.5) is 9.59 Å². The van der Waals surface area contributed by atoms with Crippen LogP contribution in [0.5, 0.6) is 0 Å². The Labute approximate surface area is 312 Å². The second-order valence-corrected chi connectivity index (χ2v) is 14.6. The zero-order valence-electron chi connectivity index (χ0n) is 30.5. The smallest absolute Gasteiger partial charge is 0.407 e. The third-order valence-electron chi connectivity index (χ3n) is 7.81. The Hall–Kier alpha value is -4.24. The highest BCUT2D eigenvalue weighted by atomic mass is 35.5. The first-order chi connectivity index (χ1) is 24.4. The van der Waals surface area contributed by atoms with E-state index >= 15 is 0 Å². The predicted octanol–water partition coefficient (Wildman–Crippen LogP) is 6.13. The van der Waals surface area contributed by atoms with Crippen LogP contribution >= 0.6 is 23.2 Å². The molecule has 52 heavy (non-hydrogen) atoms. The van der Waals surface area contributed by atoms with Crippen LogP contribution in [0.25, 0.3) is 21.8 Å². The Bertz CT molecular complexity index is 1980. The fourth-order valence-electron chi connectivity index (χ4n) is 5.45. The van der Waals surface area contributed by atoms with E-state index in [1.54, 1.807) is 61.7 Å². The van der Waals surface area contributed by atoms with Gasteiger partial charge in [-0.3, -0.25) is 18.7 Å². The number of alkyl carbamates (subject to hydrolysis) is 1. The van der Waals surface area contributed by atoms with Gasteiger partial charge in [0.2, 0.25) is 0 Å². The van der Waals surface area contributed by atoms with E-state index in [1.165, 1.54) is 4.57 Å². The van der Waals surface area contributed by atoms with Gasteiger partial charge < -0.3 is 31.9 Å².